The zero-order valence-electron chi connectivity index (χ0n) is 16.0. The zero-order chi connectivity index (χ0) is 20.4. The first-order valence-electron chi connectivity index (χ1n) is 9.89. The first kappa shape index (κ1) is 19.1. The number of rotatable bonds is 5. The molecule has 148 valence electrons. The molecule has 2 aromatic carbocycles. The van der Waals surface area contributed by atoms with Gasteiger partial charge in [0.05, 0.1) is 11.4 Å². The predicted octanol–water partition coefficient (Wildman–Crippen LogP) is 2.69. The van der Waals surface area contributed by atoms with E-state index in [0.29, 0.717) is 11.5 Å². The van der Waals surface area contributed by atoms with Gasteiger partial charge in [-0.25, -0.2) is 4.68 Å². The summed E-state index contributed by atoms with van der Waals surface area (Å²) in [4.78, 5) is 36.8. The van der Waals surface area contributed by atoms with E-state index in [1.807, 2.05) is 12.1 Å². The van der Waals surface area contributed by atoms with E-state index in [-0.39, 0.29) is 28.8 Å². The number of hydrogen-bond donors (Lipinski definition) is 0. The standard InChI is InChI=1S/C23H22N2O4/c26-20(17-12-10-16(11-13-17)15-6-2-1-3-7-15)14-25-22(27)19-9-5-4-8-18(19)21(24-25)23(28)29/h4-5,8-13,15H,1-3,6-7,14H2,(H,28,29)/p-1. The second-order valence-electron chi connectivity index (χ2n) is 7.52. The maximum atomic E-state index is 12.7. The average molecular weight is 389 g/mol. The Morgan fingerprint density at radius 1 is 0.966 bits per heavy atom. The van der Waals surface area contributed by atoms with Gasteiger partial charge in [0, 0.05) is 10.9 Å². The van der Waals surface area contributed by atoms with Crippen LogP contribution in [0, 0.1) is 0 Å². The van der Waals surface area contributed by atoms with Crippen LogP contribution >= 0.6 is 0 Å². The lowest BCUT2D eigenvalue weighted by Gasteiger charge is -2.22. The van der Waals surface area contributed by atoms with Gasteiger partial charge in [-0.2, -0.15) is 5.10 Å². The fourth-order valence-electron chi connectivity index (χ4n) is 4.10. The average Bonchev–Trinajstić information content (AvgIpc) is 2.76. The number of carboxylic acid groups (broad SMARTS) is 1. The number of hydrogen-bond acceptors (Lipinski definition) is 5. The van der Waals surface area contributed by atoms with Crippen LogP contribution in [0.1, 0.15) is 64.4 Å². The van der Waals surface area contributed by atoms with Gasteiger partial charge < -0.3 is 9.90 Å². The second-order valence-corrected chi connectivity index (χ2v) is 7.52. The SMILES string of the molecule is O=C(Cn1nc(C(=O)[O-])c2ccccc2c1=O)c1ccc(C2CCCCC2)cc1. The Bertz CT molecular complexity index is 1130. The van der Waals surface area contributed by atoms with E-state index >= 15 is 0 Å². The molecule has 1 aliphatic carbocycles. The Morgan fingerprint density at radius 2 is 1.62 bits per heavy atom. The van der Waals surface area contributed by atoms with E-state index in [9.17, 15) is 19.5 Å². The molecule has 1 aliphatic rings. The highest BCUT2D eigenvalue weighted by atomic mass is 16.4. The van der Waals surface area contributed by atoms with Crippen LogP contribution in [0.4, 0.5) is 0 Å². The molecule has 1 heterocycles. The van der Waals surface area contributed by atoms with Crippen molar-refractivity contribution < 1.29 is 14.7 Å². The van der Waals surface area contributed by atoms with Crippen molar-refractivity contribution in [3.63, 3.8) is 0 Å². The normalized spacial score (nSPS) is 14.8. The lowest BCUT2D eigenvalue weighted by Crippen LogP contribution is -2.32. The number of aromatic nitrogens is 2. The van der Waals surface area contributed by atoms with Crippen molar-refractivity contribution in [2.75, 3.05) is 0 Å². The highest BCUT2D eigenvalue weighted by molar-refractivity contribution is 6.00. The van der Waals surface area contributed by atoms with Crippen LogP contribution in [0.15, 0.2) is 53.3 Å². The Hall–Kier alpha value is -3.28. The topological polar surface area (TPSA) is 92.1 Å². The van der Waals surface area contributed by atoms with Crippen molar-refractivity contribution in [3.05, 3.63) is 75.7 Å². The van der Waals surface area contributed by atoms with Crippen LogP contribution in [0.25, 0.3) is 10.8 Å². The maximum Gasteiger partial charge on any atom is 0.275 e. The number of carbonyl (C=O) groups excluding carboxylic acids is 2. The summed E-state index contributed by atoms with van der Waals surface area (Å²) in [6.07, 6.45) is 6.12. The molecule has 0 aliphatic heterocycles. The van der Waals surface area contributed by atoms with Gasteiger partial charge in [0.2, 0.25) is 0 Å². The summed E-state index contributed by atoms with van der Waals surface area (Å²) in [6, 6.07) is 13.8. The number of aromatic carboxylic acids is 1. The smallest absolute Gasteiger partial charge is 0.275 e. The molecule has 0 spiro atoms. The minimum atomic E-state index is -1.49. The summed E-state index contributed by atoms with van der Waals surface area (Å²) >= 11 is 0. The highest BCUT2D eigenvalue weighted by Crippen LogP contribution is 2.32. The number of carbonyl (C=O) groups is 2. The lowest BCUT2D eigenvalue weighted by atomic mass is 9.84. The van der Waals surface area contributed by atoms with Gasteiger partial charge >= 0.3 is 0 Å². The molecule has 1 fully saturated rings. The van der Waals surface area contributed by atoms with Gasteiger partial charge in [0.15, 0.2) is 5.78 Å². The molecule has 1 saturated carbocycles. The first-order chi connectivity index (χ1) is 14.0. The molecular weight excluding hydrogens is 368 g/mol. The van der Waals surface area contributed by atoms with E-state index in [2.05, 4.69) is 5.10 Å². The minimum Gasteiger partial charge on any atom is -0.543 e. The van der Waals surface area contributed by atoms with E-state index in [1.165, 1.54) is 49.8 Å². The summed E-state index contributed by atoms with van der Waals surface area (Å²) < 4.78 is 0.908. The van der Waals surface area contributed by atoms with E-state index in [1.54, 1.807) is 24.3 Å². The van der Waals surface area contributed by atoms with Crippen LogP contribution in [0.3, 0.4) is 0 Å². The van der Waals surface area contributed by atoms with E-state index in [0.717, 1.165) is 4.68 Å². The van der Waals surface area contributed by atoms with Gasteiger partial charge in [0.25, 0.3) is 5.56 Å². The summed E-state index contributed by atoms with van der Waals surface area (Å²) in [5.74, 6) is -1.24. The summed E-state index contributed by atoms with van der Waals surface area (Å²) in [6.45, 7) is -0.327. The number of benzene rings is 2. The molecule has 4 rings (SSSR count). The van der Waals surface area contributed by atoms with Crippen LogP contribution in [0.5, 0.6) is 0 Å². The predicted molar refractivity (Wildman–Crippen MR) is 107 cm³/mol. The molecule has 1 aromatic heterocycles. The van der Waals surface area contributed by atoms with E-state index < -0.39 is 11.5 Å². The van der Waals surface area contributed by atoms with Crippen molar-refractivity contribution in [2.24, 2.45) is 0 Å². The van der Waals surface area contributed by atoms with Crippen molar-refractivity contribution in [1.82, 2.24) is 9.78 Å². The van der Waals surface area contributed by atoms with Gasteiger partial charge in [-0.1, -0.05) is 61.7 Å². The Balaban J connectivity index is 1.61. The van der Waals surface area contributed by atoms with Crippen molar-refractivity contribution in [2.45, 2.75) is 44.6 Å². The molecule has 6 heteroatoms. The molecular formula is C23H21N2O4-. The molecule has 0 saturated heterocycles. The van der Waals surface area contributed by atoms with Gasteiger partial charge in [-0.15, -0.1) is 0 Å². The summed E-state index contributed by atoms with van der Waals surface area (Å²) in [5.41, 5.74) is 0.862. The molecule has 0 atom stereocenters. The Kier molecular flexibility index (Phi) is 5.25. The molecule has 0 N–H and O–H groups in total. The number of ketones is 1. The molecule has 0 bridgehead atoms. The lowest BCUT2D eigenvalue weighted by molar-refractivity contribution is -0.255. The number of fused-ring (bicyclic) bond motifs is 1. The quantitative estimate of drug-likeness (QED) is 0.626. The maximum absolute atomic E-state index is 12.7. The first-order valence-corrected chi connectivity index (χ1v) is 9.89. The summed E-state index contributed by atoms with van der Waals surface area (Å²) in [7, 11) is 0. The Labute approximate surface area is 167 Å². The van der Waals surface area contributed by atoms with Gasteiger partial charge in [-0.05, 0) is 30.4 Å². The molecule has 29 heavy (non-hydrogen) atoms. The number of nitrogens with zero attached hydrogens (tertiary/aromatic N) is 2. The number of carboxylic acids is 1. The van der Waals surface area contributed by atoms with Gasteiger partial charge in [-0.3, -0.25) is 9.59 Å². The second kappa shape index (κ2) is 7.99. The van der Waals surface area contributed by atoms with Crippen molar-refractivity contribution in [1.29, 1.82) is 0 Å². The Morgan fingerprint density at radius 3 is 2.28 bits per heavy atom. The molecule has 0 amide bonds. The molecule has 0 unspecified atom stereocenters. The highest BCUT2D eigenvalue weighted by Gasteiger charge is 2.17. The van der Waals surface area contributed by atoms with E-state index in [4.69, 9.17) is 0 Å². The van der Waals surface area contributed by atoms with Crippen molar-refractivity contribution >= 4 is 22.5 Å². The third-order valence-electron chi connectivity index (χ3n) is 5.66. The third kappa shape index (κ3) is 3.83. The number of Topliss-reactive ketones (excluding diaryl/α,β-unsaturated/α-hetero) is 1. The third-order valence-corrected chi connectivity index (χ3v) is 5.66. The van der Waals surface area contributed by atoms with Crippen molar-refractivity contribution in [3.8, 4) is 0 Å². The summed E-state index contributed by atoms with van der Waals surface area (Å²) in [5, 5.41) is 15.7. The van der Waals surface area contributed by atoms with Crippen LogP contribution in [-0.4, -0.2) is 21.5 Å². The molecule has 6 nitrogen and oxygen atoms in total. The minimum absolute atomic E-state index is 0.196. The molecule has 3 aromatic rings. The van der Waals surface area contributed by atoms with Crippen LogP contribution in [0.2, 0.25) is 0 Å². The largest absolute Gasteiger partial charge is 0.543 e. The fraction of sp³-hybridized carbons (Fsp3) is 0.304. The van der Waals surface area contributed by atoms with Crippen LogP contribution < -0.4 is 10.7 Å². The monoisotopic (exact) mass is 389 g/mol. The molecule has 0 radical (unpaired) electrons. The fourth-order valence-corrected chi connectivity index (χ4v) is 4.10. The van der Waals surface area contributed by atoms with Gasteiger partial charge in [0.1, 0.15) is 12.2 Å². The zero-order valence-corrected chi connectivity index (χ0v) is 16.0. The van der Waals surface area contributed by atoms with Crippen LogP contribution in [-0.2, 0) is 6.54 Å².